The van der Waals surface area contributed by atoms with Crippen molar-refractivity contribution in [2.45, 2.75) is 13.1 Å². The van der Waals surface area contributed by atoms with Gasteiger partial charge in [-0.1, -0.05) is 30.3 Å². The predicted octanol–water partition coefficient (Wildman–Crippen LogP) is 1.06. The van der Waals surface area contributed by atoms with Crippen molar-refractivity contribution in [3.8, 4) is 0 Å². The van der Waals surface area contributed by atoms with Gasteiger partial charge in [-0.25, -0.2) is 13.1 Å². The van der Waals surface area contributed by atoms with E-state index < -0.39 is 10.0 Å². The average Bonchev–Trinajstić information content (AvgIpc) is 2.51. The van der Waals surface area contributed by atoms with Crippen LogP contribution in [0.2, 0.25) is 0 Å². The van der Waals surface area contributed by atoms with E-state index in [2.05, 4.69) is 15.0 Å². The summed E-state index contributed by atoms with van der Waals surface area (Å²) in [5, 5.41) is 2.81. The van der Waals surface area contributed by atoms with Crippen molar-refractivity contribution in [2.75, 3.05) is 6.26 Å². The number of rotatable bonds is 6. The van der Waals surface area contributed by atoms with Crippen LogP contribution in [0.4, 0.5) is 0 Å². The maximum atomic E-state index is 12.1. The Morgan fingerprint density at radius 1 is 1.14 bits per heavy atom. The summed E-state index contributed by atoms with van der Waals surface area (Å²) in [4.78, 5) is 16.1. The number of carbonyl (C=O) groups excluding carboxylic acids is 1. The topological polar surface area (TPSA) is 88.2 Å². The van der Waals surface area contributed by atoms with Gasteiger partial charge in [0, 0.05) is 18.3 Å². The Kier molecular flexibility index (Phi) is 5.24. The Labute approximate surface area is 129 Å². The molecule has 2 aromatic rings. The number of nitrogens with one attached hydrogen (secondary N) is 2. The molecule has 1 aromatic heterocycles. The molecule has 0 aliphatic heterocycles. The molecule has 0 atom stereocenters. The van der Waals surface area contributed by atoms with Gasteiger partial charge in [-0.2, -0.15) is 0 Å². The van der Waals surface area contributed by atoms with E-state index in [-0.39, 0.29) is 12.5 Å². The maximum Gasteiger partial charge on any atom is 0.251 e. The van der Waals surface area contributed by atoms with Gasteiger partial charge in [0.25, 0.3) is 5.91 Å². The molecule has 116 valence electrons. The molecule has 0 bridgehead atoms. The van der Waals surface area contributed by atoms with E-state index in [1.54, 1.807) is 12.1 Å². The lowest BCUT2D eigenvalue weighted by molar-refractivity contribution is 0.0950. The van der Waals surface area contributed by atoms with Crippen molar-refractivity contribution < 1.29 is 13.2 Å². The molecule has 0 fully saturated rings. The van der Waals surface area contributed by atoms with Gasteiger partial charge in [-0.15, -0.1) is 0 Å². The first kappa shape index (κ1) is 16.1. The quantitative estimate of drug-likeness (QED) is 0.833. The smallest absolute Gasteiger partial charge is 0.251 e. The monoisotopic (exact) mass is 319 g/mol. The minimum atomic E-state index is -3.29. The van der Waals surface area contributed by atoms with E-state index in [0.29, 0.717) is 17.8 Å². The van der Waals surface area contributed by atoms with Gasteiger partial charge >= 0.3 is 0 Å². The largest absolute Gasteiger partial charge is 0.348 e. The van der Waals surface area contributed by atoms with Gasteiger partial charge in [0.15, 0.2) is 0 Å². The fourth-order valence-electron chi connectivity index (χ4n) is 1.80. The van der Waals surface area contributed by atoms with E-state index in [1.807, 2.05) is 30.3 Å². The zero-order chi connectivity index (χ0) is 16.0. The zero-order valence-corrected chi connectivity index (χ0v) is 12.9. The summed E-state index contributed by atoms with van der Waals surface area (Å²) in [6.45, 7) is 0.484. The molecule has 0 saturated heterocycles. The van der Waals surface area contributed by atoms with Gasteiger partial charge in [0.1, 0.15) is 0 Å². The normalized spacial score (nSPS) is 11.1. The van der Waals surface area contributed by atoms with Crippen LogP contribution in [0.3, 0.4) is 0 Å². The third-order valence-corrected chi connectivity index (χ3v) is 3.56. The number of aromatic nitrogens is 1. The highest BCUT2D eigenvalue weighted by atomic mass is 32.2. The van der Waals surface area contributed by atoms with Crippen molar-refractivity contribution in [3.05, 3.63) is 65.5 Å². The van der Waals surface area contributed by atoms with Crippen molar-refractivity contribution in [3.63, 3.8) is 0 Å². The van der Waals surface area contributed by atoms with E-state index in [0.717, 1.165) is 11.8 Å². The number of hydrogen-bond donors (Lipinski definition) is 2. The summed E-state index contributed by atoms with van der Waals surface area (Å²) in [5.74, 6) is -0.230. The first-order valence-electron chi connectivity index (χ1n) is 6.66. The lowest BCUT2D eigenvalue weighted by Crippen LogP contribution is -2.24. The van der Waals surface area contributed by atoms with Gasteiger partial charge in [-0.05, 0) is 17.7 Å². The zero-order valence-electron chi connectivity index (χ0n) is 12.1. The first-order valence-corrected chi connectivity index (χ1v) is 8.55. The molecule has 1 amide bonds. The lowest BCUT2D eigenvalue weighted by atomic mass is 10.2. The molecule has 0 aliphatic carbocycles. The van der Waals surface area contributed by atoms with Gasteiger partial charge < -0.3 is 5.32 Å². The van der Waals surface area contributed by atoms with Crippen molar-refractivity contribution >= 4 is 15.9 Å². The Morgan fingerprint density at radius 2 is 1.86 bits per heavy atom. The Hall–Kier alpha value is -2.25. The number of benzene rings is 1. The van der Waals surface area contributed by atoms with Crippen LogP contribution < -0.4 is 10.0 Å². The number of pyridine rings is 1. The SMILES string of the molecule is CS(=O)(=O)NCc1cc(C(=O)NCc2ccccc2)ccn1. The number of nitrogens with zero attached hydrogens (tertiary/aromatic N) is 1. The van der Waals surface area contributed by atoms with Crippen LogP contribution in [0.5, 0.6) is 0 Å². The Morgan fingerprint density at radius 3 is 2.55 bits per heavy atom. The van der Waals surface area contributed by atoms with Crippen molar-refractivity contribution in [1.29, 1.82) is 0 Å². The molecule has 22 heavy (non-hydrogen) atoms. The fourth-order valence-corrected chi connectivity index (χ4v) is 2.21. The van der Waals surface area contributed by atoms with Crippen LogP contribution in [0.25, 0.3) is 0 Å². The minimum absolute atomic E-state index is 0.0542. The second kappa shape index (κ2) is 7.15. The molecule has 2 rings (SSSR count). The third-order valence-electron chi connectivity index (χ3n) is 2.89. The highest BCUT2D eigenvalue weighted by Crippen LogP contribution is 2.04. The second-order valence-corrected chi connectivity index (χ2v) is 6.63. The molecular formula is C15H17N3O3S. The number of amides is 1. The molecule has 0 unspecified atom stereocenters. The predicted molar refractivity (Wildman–Crippen MR) is 83.5 cm³/mol. The van der Waals surface area contributed by atoms with Gasteiger partial charge in [0.2, 0.25) is 10.0 Å². The second-order valence-electron chi connectivity index (χ2n) is 4.80. The lowest BCUT2D eigenvalue weighted by Gasteiger charge is -2.07. The first-order chi connectivity index (χ1) is 10.4. The molecule has 2 N–H and O–H groups in total. The number of carbonyl (C=O) groups is 1. The minimum Gasteiger partial charge on any atom is -0.348 e. The van der Waals surface area contributed by atoms with Crippen LogP contribution >= 0.6 is 0 Å². The van der Waals surface area contributed by atoms with Crippen LogP contribution in [-0.4, -0.2) is 25.6 Å². The molecule has 1 aromatic carbocycles. The number of hydrogen-bond acceptors (Lipinski definition) is 4. The van der Waals surface area contributed by atoms with Crippen molar-refractivity contribution in [1.82, 2.24) is 15.0 Å². The summed E-state index contributed by atoms with van der Waals surface area (Å²) in [5.41, 5.74) is 1.93. The maximum absolute atomic E-state index is 12.1. The standard InChI is InChI=1S/C15H17N3O3S/c1-22(20,21)18-11-14-9-13(7-8-16-14)15(19)17-10-12-5-3-2-4-6-12/h2-9,18H,10-11H2,1H3,(H,17,19). The van der Waals surface area contributed by atoms with Crippen LogP contribution in [0.1, 0.15) is 21.6 Å². The average molecular weight is 319 g/mol. The molecular weight excluding hydrogens is 302 g/mol. The third kappa shape index (κ3) is 5.27. The van der Waals surface area contributed by atoms with Crippen LogP contribution in [0, 0.1) is 0 Å². The van der Waals surface area contributed by atoms with Crippen LogP contribution in [0.15, 0.2) is 48.7 Å². The van der Waals surface area contributed by atoms with E-state index in [1.165, 1.54) is 6.20 Å². The van der Waals surface area contributed by atoms with Crippen LogP contribution in [-0.2, 0) is 23.1 Å². The summed E-state index contributed by atoms with van der Waals surface area (Å²) in [6, 6.07) is 12.7. The molecule has 0 spiro atoms. The molecule has 6 nitrogen and oxygen atoms in total. The summed E-state index contributed by atoms with van der Waals surface area (Å²) in [7, 11) is -3.29. The Bertz CT molecular complexity index is 746. The molecule has 0 radical (unpaired) electrons. The Balaban J connectivity index is 1.98. The molecule has 7 heteroatoms. The van der Waals surface area contributed by atoms with E-state index in [9.17, 15) is 13.2 Å². The van der Waals surface area contributed by atoms with E-state index in [4.69, 9.17) is 0 Å². The molecule has 0 saturated carbocycles. The molecule has 1 heterocycles. The summed E-state index contributed by atoms with van der Waals surface area (Å²) < 4.78 is 24.5. The van der Waals surface area contributed by atoms with Gasteiger partial charge in [-0.3, -0.25) is 9.78 Å². The summed E-state index contributed by atoms with van der Waals surface area (Å²) >= 11 is 0. The van der Waals surface area contributed by atoms with Crippen molar-refractivity contribution in [2.24, 2.45) is 0 Å². The summed E-state index contributed by atoms with van der Waals surface area (Å²) in [6.07, 6.45) is 2.56. The molecule has 0 aliphatic rings. The highest BCUT2D eigenvalue weighted by Gasteiger charge is 2.08. The number of sulfonamides is 1. The van der Waals surface area contributed by atoms with Gasteiger partial charge in [0.05, 0.1) is 18.5 Å². The highest BCUT2D eigenvalue weighted by molar-refractivity contribution is 7.88. The fraction of sp³-hybridized carbons (Fsp3) is 0.200. The van der Waals surface area contributed by atoms with E-state index >= 15 is 0 Å².